The van der Waals surface area contributed by atoms with E-state index in [-0.39, 0.29) is 23.7 Å². The smallest absolute Gasteiger partial charge is 0.266 e. The fraction of sp³-hybridized carbons (Fsp3) is 0.474. The molecule has 1 aliphatic heterocycles. The van der Waals surface area contributed by atoms with Crippen molar-refractivity contribution in [2.45, 2.75) is 26.1 Å². The molecule has 7 heteroatoms. The highest BCUT2D eigenvalue weighted by Crippen LogP contribution is 2.16. The number of nitrogens with one attached hydrogen (secondary N) is 1. The van der Waals surface area contributed by atoms with Crippen LogP contribution in [0.3, 0.4) is 0 Å². The fourth-order valence-electron chi connectivity index (χ4n) is 2.73. The van der Waals surface area contributed by atoms with E-state index >= 15 is 0 Å². The fourth-order valence-corrected chi connectivity index (χ4v) is 2.73. The molecule has 0 bridgehead atoms. The molecule has 26 heavy (non-hydrogen) atoms. The molecular formula is C19H25N3O4. The number of morpholine rings is 1. The number of carbonyl (C=O) groups is 1. The zero-order valence-corrected chi connectivity index (χ0v) is 15.4. The third-order valence-electron chi connectivity index (χ3n) is 3.88. The van der Waals surface area contributed by atoms with Crippen LogP contribution in [0.25, 0.3) is 0 Å². The van der Waals surface area contributed by atoms with E-state index in [1.807, 2.05) is 44.2 Å². The molecule has 1 saturated heterocycles. The molecule has 1 aromatic rings. The predicted octanol–water partition coefficient (Wildman–Crippen LogP) is 1.71. The van der Waals surface area contributed by atoms with E-state index in [1.54, 1.807) is 12.0 Å². The van der Waals surface area contributed by atoms with Gasteiger partial charge >= 0.3 is 0 Å². The Hall–Kier alpha value is -2.72. The highest BCUT2D eigenvalue weighted by molar-refractivity contribution is 5.97. The number of nitriles is 1. The van der Waals surface area contributed by atoms with Gasteiger partial charge in [0.15, 0.2) is 0 Å². The number of benzene rings is 1. The van der Waals surface area contributed by atoms with Crippen LogP contribution in [-0.2, 0) is 9.53 Å². The summed E-state index contributed by atoms with van der Waals surface area (Å²) in [6.45, 7) is 5.69. The van der Waals surface area contributed by atoms with E-state index in [2.05, 4.69) is 5.32 Å². The molecule has 7 nitrogen and oxygen atoms in total. The van der Waals surface area contributed by atoms with Crippen LogP contribution in [0.5, 0.6) is 11.5 Å². The summed E-state index contributed by atoms with van der Waals surface area (Å²) >= 11 is 0. The molecule has 2 rings (SSSR count). The predicted molar refractivity (Wildman–Crippen MR) is 96.8 cm³/mol. The monoisotopic (exact) mass is 359 g/mol. The van der Waals surface area contributed by atoms with Gasteiger partial charge < -0.3 is 24.4 Å². The van der Waals surface area contributed by atoms with Crippen molar-refractivity contribution < 1.29 is 19.0 Å². The largest absolute Gasteiger partial charge is 0.497 e. The molecule has 1 heterocycles. The maximum Gasteiger partial charge on any atom is 0.266 e. The summed E-state index contributed by atoms with van der Waals surface area (Å²) in [5.41, 5.74) is 0.0794. The Morgan fingerprint density at radius 1 is 1.31 bits per heavy atom. The summed E-state index contributed by atoms with van der Waals surface area (Å²) in [5, 5.41) is 12.2. The van der Waals surface area contributed by atoms with Gasteiger partial charge in [0, 0.05) is 25.8 Å². The average molecular weight is 359 g/mol. The minimum Gasteiger partial charge on any atom is -0.497 e. The van der Waals surface area contributed by atoms with E-state index in [0.29, 0.717) is 26.2 Å². The molecule has 1 aliphatic rings. The van der Waals surface area contributed by atoms with Gasteiger partial charge in [-0.2, -0.15) is 5.26 Å². The standard InChI is InChI=1S/C19H25N3O4/c1-14-12-22(13-15(2)26-14)19(23)16(10-20)11-21-8-9-25-18-6-4-17(24-3)5-7-18/h4-7,11,14-15,21H,8-9,12-13H2,1-3H3/b16-11-. The summed E-state index contributed by atoms with van der Waals surface area (Å²) in [7, 11) is 1.61. The number of methoxy groups -OCH3 is 1. The second-order valence-electron chi connectivity index (χ2n) is 6.12. The molecule has 0 saturated carbocycles. The van der Waals surface area contributed by atoms with Gasteiger partial charge in [0.1, 0.15) is 29.7 Å². The lowest BCUT2D eigenvalue weighted by Crippen LogP contribution is -2.48. The van der Waals surface area contributed by atoms with E-state index in [0.717, 1.165) is 11.5 Å². The molecule has 1 fully saturated rings. The van der Waals surface area contributed by atoms with Crippen LogP contribution < -0.4 is 14.8 Å². The molecule has 2 unspecified atom stereocenters. The maximum atomic E-state index is 12.5. The van der Waals surface area contributed by atoms with Gasteiger partial charge in [0.05, 0.1) is 19.3 Å². The van der Waals surface area contributed by atoms with Crippen LogP contribution in [0.1, 0.15) is 13.8 Å². The van der Waals surface area contributed by atoms with Crippen molar-refractivity contribution >= 4 is 5.91 Å². The Bertz CT molecular complexity index is 656. The summed E-state index contributed by atoms with van der Waals surface area (Å²) in [5.74, 6) is 1.21. The number of ether oxygens (including phenoxy) is 3. The highest BCUT2D eigenvalue weighted by atomic mass is 16.5. The van der Waals surface area contributed by atoms with Gasteiger partial charge in [-0.15, -0.1) is 0 Å². The molecule has 0 spiro atoms. The quantitative estimate of drug-likeness (QED) is 0.453. The Kier molecular flexibility index (Phi) is 7.30. The minimum absolute atomic E-state index is 0.0338. The third kappa shape index (κ3) is 5.67. The number of rotatable bonds is 7. The first-order valence-corrected chi connectivity index (χ1v) is 8.58. The van der Waals surface area contributed by atoms with Crippen molar-refractivity contribution in [3.05, 3.63) is 36.0 Å². The van der Waals surface area contributed by atoms with E-state index in [4.69, 9.17) is 14.2 Å². The number of nitrogens with zero attached hydrogens (tertiary/aromatic N) is 2. The number of hydrogen-bond acceptors (Lipinski definition) is 6. The lowest BCUT2D eigenvalue weighted by Gasteiger charge is -2.35. The van der Waals surface area contributed by atoms with Gasteiger partial charge in [-0.25, -0.2) is 0 Å². The Morgan fingerprint density at radius 3 is 2.50 bits per heavy atom. The Balaban J connectivity index is 1.79. The second-order valence-corrected chi connectivity index (χ2v) is 6.12. The van der Waals surface area contributed by atoms with E-state index in [9.17, 15) is 10.1 Å². The van der Waals surface area contributed by atoms with Crippen molar-refractivity contribution in [2.75, 3.05) is 33.4 Å². The molecule has 1 N–H and O–H groups in total. The van der Waals surface area contributed by atoms with Crippen LogP contribution in [0.2, 0.25) is 0 Å². The third-order valence-corrected chi connectivity index (χ3v) is 3.88. The van der Waals surface area contributed by atoms with Crippen LogP contribution in [-0.4, -0.2) is 56.4 Å². The van der Waals surface area contributed by atoms with Crippen molar-refractivity contribution in [3.8, 4) is 17.6 Å². The first-order chi connectivity index (χ1) is 12.5. The summed E-state index contributed by atoms with van der Waals surface area (Å²) < 4.78 is 16.3. The summed E-state index contributed by atoms with van der Waals surface area (Å²) in [6.07, 6.45) is 1.38. The molecule has 0 aliphatic carbocycles. The number of hydrogen-bond donors (Lipinski definition) is 1. The highest BCUT2D eigenvalue weighted by Gasteiger charge is 2.27. The van der Waals surface area contributed by atoms with Gasteiger partial charge in [-0.3, -0.25) is 4.79 Å². The van der Waals surface area contributed by atoms with Crippen molar-refractivity contribution in [3.63, 3.8) is 0 Å². The molecule has 1 aromatic carbocycles. The molecular weight excluding hydrogens is 334 g/mol. The zero-order valence-electron chi connectivity index (χ0n) is 15.4. The normalized spacial score (nSPS) is 20.2. The number of carbonyl (C=O) groups excluding carboxylic acids is 1. The zero-order chi connectivity index (χ0) is 18.9. The average Bonchev–Trinajstić information content (AvgIpc) is 2.64. The van der Waals surface area contributed by atoms with E-state index in [1.165, 1.54) is 6.20 Å². The van der Waals surface area contributed by atoms with Gasteiger partial charge in [0.2, 0.25) is 0 Å². The SMILES string of the molecule is COc1ccc(OCCN/C=C(/C#N)C(=O)N2CC(C)OC(C)C2)cc1. The molecule has 140 valence electrons. The van der Waals surface area contributed by atoms with Crippen LogP contribution in [0.4, 0.5) is 0 Å². The first-order valence-electron chi connectivity index (χ1n) is 8.58. The lowest BCUT2D eigenvalue weighted by atomic mass is 10.2. The number of amides is 1. The Labute approximate surface area is 154 Å². The summed E-state index contributed by atoms with van der Waals surface area (Å²) in [6, 6.07) is 9.24. The minimum atomic E-state index is -0.280. The van der Waals surface area contributed by atoms with Crippen LogP contribution >= 0.6 is 0 Å². The lowest BCUT2D eigenvalue weighted by molar-refractivity contribution is -0.138. The second kappa shape index (κ2) is 9.68. The molecule has 0 aromatic heterocycles. The van der Waals surface area contributed by atoms with Crippen molar-refractivity contribution in [2.24, 2.45) is 0 Å². The topological polar surface area (TPSA) is 83.8 Å². The summed E-state index contributed by atoms with van der Waals surface area (Å²) in [4.78, 5) is 14.1. The van der Waals surface area contributed by atoms with Gasteiger partial charge in [-0.1, -0.05) is 0 Å². The van der Waals surface area contributed by atoms with Crippen molar-refractivity contribution in [1.29, 1.82) is 5.26 Å². The van der Waals surface area contributed by atoms with Gasteiger partial charge in [0.25, 0.3) is 5.91 Å². The van der Waals surface area contributed by atoms with Crippen LogP contribution in [0.15, 0.2) is 36.0 Å². The van der Waals surface area contributed by atoms with E-state index < -0.39 is 0 Å². The van der Waals surface area contributed by atoms with Crippen LogP contribution in [0, 0.1) is 11.3 Å². The molecule has 1 amide bonds. The molecule has 0 radical (unpaired) electrons. The maximum absolute atomic E-state index is 12.5. The van der Waals surface area contributed by atoms with Gasteiger partial charge in [-0.05, 0) is 38.1 Å². The molecule has 2 atom stereocenters. The Morgan fingerprint density at radius 2 is 1.92 bits per heavy atom. The first kappa shape index (κ1) is 19.6. The van der Waals surface area contributed by atoms with Crippen molar-refractivity contribution in [1.82, 2.24) is 10.2 Å².